The number of sulfonamides is 1. The second kappa shape index (κ2) is 9.82. The molecule has 2 aromatic carbocycles. The van der Waals surface area contributed by atoms with Gasteiger partial charge in [-0.1, -0.05) is 48.0 Å². The molecule has 0 aliphatic carbocycles. The van der Waals surface area contributed by atoms with Crippen molar-refractivity contribution < 1.29 is 17.9 Å². The normalized spacial score (nSPS) is 17.1. The van der Waals surface area contributed by atoms with Crippen molar-refractivity contribution in [2.24, 2.45) is 0 Å². The highest BCUT2D eigenvalue weighted by Gasteiger charge is 2.42. The number of hydrazine groups is 1. The summed E-state index contributed by atoms with van der Waals surface area (Å²) in [6.07, 6.45) is 3.08. The summed E-state index contributed by atoms with van der Waals surface area (Å²) >= 11 is 0. The third-order valence-corrected chi connectivity index (χ3v) is 7.16. The van der Waals surface area contributed by atoms with E-state index in [1.165, 1.54) is 11.2 Å². The Morgan fingerprint density at radius 1 is 1.12 bits per heavy atom. The van der Waals surface area contributed by atoms with Gasteiger partial charge in [0.05, 0.1) is 31.5 Å². The number of nitrogens with zero attached hydrogens (tertiary/aromatic N) is 3. The smallest absolute Gasteiger partial charge is 0.336 e. The Bertz CT molecular complexity index is 1230. The van der Waals surface area contributed by atoms with Gasteiger partial charge in [0.15, 0.2) is 0 Å². The second-order valence-electron chi connectivity index (χ2n) is 8.39. The van der Waals surface area contributed by atoms with Gasteiger partial charge in [0.2, 0.25) is 10.0 Å². The first-order valence-electron chi connectivity index (χ1n) is 11.0. The fraction of sp³-hybridized carbons (Fsp3) is 0.280. The molecule has 2 amide bonds. The molecular formula is C25H28N4O4S. The Morgan fingerprint density at radius 3 is 2.44 bits per heavy atom. The predicted octanol–water partition coefficient (Wildman–Crippen LogP) is 3.97. The van der Waals surface area contributed by atoms with E-state index in [9.17, 15) is 13.2 Å². The lowest BCUT2D eigenvalue weighted by molar-refractivity contribution is 0.166. The molecule has 1 aromatic heterocycles. The van der Waals surface area contributed by atoms with Crippen LogP contribution in [-0.2, 0) is 15.8 Å². The third-order valence-electron chi connectivity index (χ3n) is 5.95. The fourth-order valence-electron chi connectivity index (χ4n) is 4.12. The third kappa shape index (κ3) is 5.21. The number of methoxy groups -OCH3 is 1. The van der Waals surface area contributed by atoms with Crippen LogP contribution in [0.4, 0.5) is 4.79 Å². The number of rotatable bonds is 8. The first-order valence-corrected chi connectivity index (χ1v) is 12.6. The summed E-state index contributed by atoms with van der Waals surface area (Å²) in [5.74, 6) is 0.456. The Labute approximate surface area is 200 Å². The van der Waals surface area contributed by atoms with Crippen molar-refractivity contribution in [3.05, 3.63) is 95.3 Å². The van der Waals surface area contributed by atoms with Gasteiger partial charge in [-0.25, -0.2) is 18.2 Å². The number of hydrogen-bond acceptors (Lipinski definition) is 5. The average Bonchev–Trinajstić information content (AvgIpc) is 3.14. The van der Waals surface area contributed by atoms with Crippen LogP contribution in [0.25, 0.3) is 0 Å². The van der Waals surface area contributed by atoms with Crippen molar-refractivity contribution >= 4 is 16.1 Å². The molecule has 0 spiro atoms. The van der Waals surface area contributed by atoms with Crippen LogP contribution in [0.2, 0.25) is 0 Å². The monoisotopic (exact) mass is 480 g/mol. The van der Waals surface area contributed by atoms with Gasteiger partial charge in [-0.15, -0.1) is 4.83 Å². The number of hydrogen-bond donors (Lipinski definition) is 1. The number of carbonyl (C=O) groups excluding carboxylic acids is 1. The maximum absolute atomic E-state index is 13.5. The zero-order chi connectivity index (χ0) is 24.3. The number of benzene rings is 2. The topological polar surface area (TPSA) is 91.8 Å². The van der Waals surface area contributed by atoms with Gasteiger partial charge in [-0.3, -0.25) is 4.98 Å². The summed E-state index contributed by atoms with van der Waals surface area (Å²) in [5.41, 5.74) is 3.51. The van der Waals surface area contributed by atoms with Gasteiger partial charge in [-0.05, 0) is 48.7 Å². The highest BCUT2D eigenvalue weighted by molar-refractivity contribution is 7.88. The van der Waals surface area contributed by atoms with Gasteiger partial charge in [-0.2, -0.15) is 0 Å². The molecule has 2 heterocycles. The van der Waals surface area contributed by atoms with Crippen LogP contribution in [0.15, 0.2) is 73.1 Å². The van der Waals surface area contributed by atoms with Crippen LogP contribution >= 0.6 is 0 Å². The largest absolute Gasteiger partial charge is 0.497 e. The molecule has 1 N–H and O–H groups in total. The van der Waals surface area contributed by atoms with Crippen LogP contribution in [0.1, 0.15) is 41.3 Å². The summed E-state index contributed by atoms with van der Waals surface area (Å²) in [6, 6.07) is 17.8. The summed E-state index contributed by atoms with van der Waals surface area (Å²) in [5, 5.41) is 1.19. The lowest BCUT2D eigenvalue weighted by Gasteiger charge is -2.30. The van der Waals surface area contributed by atoms with Gasteiger partial charge >= 0.3 is 6.03 Å². The van der Waals surface area contributed by atoms with Crippen molar-refractivity contribution in [2.45, 2.75) is 31.7 Å². The van der Waals surface area contributed by atoms with Gasteiger partial charge < -0.3 is 9.64 Å². The summed E-state index contributed by atoms with van der Waals surface area (Å²) < 4.78 is 30.9. The lowest BCUT2D eigenvalue weighted by Crippen LogP contribution is -2.45. The number of amides is 2. The van der Waals surface area contributed by atoms with Crippen molar-refractivity contribution in [3.8, 4) is 5.75 Å². The molecule has 2 atom stereocenters. The fourth-order valence-corrected chi connectivity index (χ4v) is 5.29. The molecule has 9 heteroatoms. The molecule has 0 saturated carbocycles. The second-order valence-corrected chi connectivity index (χ2v) is 10.1. The maximum atomic E-state index is 13.5. The molecule has 3 aromatic rings. The minimum absolute atomic E-state index is 0.189. The van der Waals surface area contributed by atoms with Crippen molar-refractivity contribution in [2.75, 3.05) is 13.7 Å². The van der Waals surface area contributed by atoms with E-state index in [4.69, 9.17) is 4.74 Å². The van der Waals surface area contributed by atoms with Crippen molar-refractivity contribution in [3.63, 3.8) is 0 Å². The number of ether oxygens (including phenoxy) is 1. The lowest BCUT2D eigenvalue weighted by atomic mass is 10.0. The van der Waals surface area contributed by atoms with Crippen LogP contribution in [0, 0.1) is 6.92 Å². The minimum atomic E-state index is -3.81. The van der Waals surface area contributed by atoms with Gasteiger partial charge in [0, 0.05) is 12.4 Å². The first-order chi connectivity index (χ1) is 16.3. The highest BCUT2D eigenvalue weighted by Crippen LogP contribution is 2.37. The Balaban J connectivity index is 1.62. The first kappa shape index (κ1) is 23.7. The van der Waals surface area contributed by atoms with E-state index in [1.807, 2.05) is 62.4 Å². The molecule has 1 aliphatic heterocycles. The van der Waals surface area contributed by atoms with E-state index < -0.39 is 16.1 Å². The maximum Gasteiger partial charge on any atom is 0.336 e. The summed E-state index contributed by atoms with van der Waals surface area (Å²) in [4.78, 5) is 21.7. The number of aryl methyl sites for hydroxylation is 1. The molecular weight excluding hydrogens is 452 g/mol. The van der Waals surface area contributed by atoms with E-state index in [-0.39, 0.29) is 24.4 Å². The van der Waals surface area contributed by atoms with Crippen molar-refractivity contribution in [1.82, 2.24) is 19.7 Å². The molecule has 2 unspecified atom stereocenters. The molecule has 178 valence electrons. The Hall–Kier alpha value is -3.43. The number of pyridine rings is 1. The molecule has 1 aliphatic rings. The molecule has 8 nitrogen and oxygen atoms in total. The number of urea groups is 1. The van der Waals surface area contributed by atoms with E-state index in [0.717, 1.165) is 22.4 Å². The summed E-state index contributed by atoms with van der Waals surface area (Å²) in [6.45, 7) is 4.13. The number of aromatic nitrogens is 1. The molecule has 0 radical (unpaired) electrons. The Morgan fingerprint density at radius 2 is 1.82 bits per heavy atom. The van der Waals surface area contributed by atoms with Crippen LogP contribution in [0.3, 0.4) is 0 Å². The van der Waals surface area contributed by atoms with E-state index in [1.54, 1.807) is 30.3 Å². The summed E-state index contributed by atoms with van der Waals surface area (Å²) in [7, 11) is -2.21. The van der Waals surface area contributed by atoms with E-state index >= 15 is 0 Å². The molecule has 0 bridgehead atoms. The van der Waals surface area contributed by atoms with Crippen LogP contribution in [0.5, 0.6) is 5.75 Å². The minimum Gasteiger partial charge on any atom is -0.497 e. The molecule has 4 rings (SSSR count). The van der Waals surface area contributed by atoms with Gasteiger partial charge in [0.1, 0.15) is 5.75 Å². The van der Waals surface area contributed by atoms with Crippen LogP contribution < -0.4 is 9.57 Å². The van der Waals surface area contributed by atoms with Crippen LogP contribution in [-0.4, -0.2) is 43.0 Å². The highest BCUT2D eigenvalue weighted by atomic mass is 32.2. The molecule has 34 heavy (non-hydrogen) atoms. The average molecular weight is 481 g/mol. The van der Waals surface area contributed by atoms with E-state index in [2.05, 4.69) is 9.82 Å². The van der Waals surface area contributed by atoms with E-state index in [0.29, 0.717) is 5.56 Å². The zero-order valence-corrected chi connectivity index (χ0v) is 20.2. The van der Waals surface area contributed by atoms with Crippen molar-refractivity contribution in [1.29, 1.82) is 0 Å². The number of nitrogens with one attached hydrogen (secondary N) is 1. The molecule has 1 saturated heterocycles. The standard InChI is InChI=1S/C25H28N4O4S/c1-18-6-8-22(9-7-18)24-16-28(27-34(31,32)17-20-5-4-14-26-15-20)25(30)29(24)19(2)21-10-12-23(33-3)13-11-21/h4-15,19,24,27H,16-17H2,1-3H3. The SMILES string of the molecule is COc1ccc(C(C)N2C(=O)N(NS(=O)(=O)Cc3cccnc3)CC2c2ccc(C)cc2)cc1. The quantitative estimate of drug-likeness (QED) is 0.527. The number of carbonyl (C=O) groups is 1. The molecule has 1 fully saturated rings. The predicted molar refractivity (Wildman–Crippen MR) is 129 cm³/mol. The zero-order valence-electron chi connectivity index (χ0n) is 19.4. The van der Waals surface area contributed by atoms with Gasteiger partial charge in [0.25, 0.3) is 0 Å². The Kier molecular flexibility index (Phi) is 6.85.